The molecule has 0 fully saturated rings. The van der Waals surface area contributed by atoms with E-state index in [1.807, 2.05) is 6.07 Å². The summed E-state index contributed by atoms with van der Waals surface area (Å²) < 4.78 is 5.26. The number of hydrogen-bond donors (Lipinski definition) is 1. The van der Waals surface area contributed by atoms with Crippen LogP contribution in [0.5, 0.6) is 5.75 Å². The predicted molar refractivity (Wildman–Crippen MR) is 73.8 cm³/mol. The van der Waals surface area contributed by atoms with Crippen molar-refractivity contribution in [2.45, 2.75) is 20.8 Å². The molecule has 17 heavy (non-hydrogen) atoms. The number of benzene rings is 1. The molecule has 2 N–H and O–H groups in total. The van der Waals surface area contributed by atoms with E-state index in [-0.39, 0.29) is 5.41 Å². The highest BCUT2D eigenvalue weighted by molar-refractivity contribution is 5.52. The molecule has 0 amide bonds. The SMILES string of the molecule is COc1ccc(N(C)CC(C)(C)CN)cc1C. The Labute approximate surface area is 105 Å². The molecule has 3 nitrogen and oxygen atoms in total. The average Bonchev–Trinajstić information content (AvgIpc) is 2.28. The van der Waals surface area contributed by atoms with Crippen LogP contribution in [0, 0.1) is 12.3 Å². The van der Waals surface area contributed by atoms with Gasteiger partial charge in [0.15, 0.2) is 0 Å². The highest BCUT2D eigenvalue weighted by atomic mass is 16.5. The van der Waals surface area contributed by atoms with Crippen molar-refractivity contribution in [1.29, 1.82) is 0 Å². The number of ether oxygens (including phenoxy) is 1. The van der Waals surface area contributed by atoms with Gasteiger partial charge in [0, 0.05) is 19.3 Å². The number of anilines is 1. The van der Waals surface area contributed by atoms with Crippen molar-refractivity contribution >= 4 is 5.69 Å². The van der Waals surface area contributed by atoms with Crippen molar-refractivity contribution in [3.63, 3.8) is 0 Å². The van der Waals surface area contributed by atoms with Gasteiger partial charge < -0.3 is 15.4 Å². The summed E-state index contributed by atoms with van der Waals surface area (Å²) in [5.74, 6) is 0.931. The third-order valence-corrected chi connectivity index (χ3v) is 3.04. The Balaban J connectivity index is 2.83. The zero-order chi connectivity index (χ0) is 13.1. The Morgan fingerprint density at radius 2 is 2.00 bits per heavy atom. The Hall–Kier alpha value is -1.22. The van der Waals surface area contributed by atoms with Crippen LogP contribution in [0.15, 0.2) is 18.2 Å². The maximum Gasteiger partial charge on any atom is 0.121 e. The van der Waals surface area contributed by atoms with Crippen molar-refractivity contribution in [2.75, 3.05) is 32.1 Å². The van der Waals surface area contributed by atoms with Gasteiger partial charge in [-0.15, -0.1) is 0 Å². The number of methoxy groups -OCH3 is 1. The molecule has 0 heterocycles. The molecule has 1 aromatic rings. The molecule has 0 aliphatic carbocycles. The predicted octanol–water partition coefficient (Wildman–Crippen LogP) is 2.42. The fourth-order valence-corrected chi connectivity index (χ4v) is 1.90. The average molecular weight is 236 g/mol. The van der Waals surface area contributed by atoms with Crippen molar-refractivity contribution in [2.24, 2.45) is 11.1 Å². The minimum absolute atomic E-state index is 0.128. The first-order valence-corrected chi connectivity index (χ1v) is 5.95. The summed E-state index contributed by atoms with van der Waals surface area (Å²) in [5.41, 5.74) is 8.24. The van der Waals surface area contributed by atoms with Crippen LogP contribution in [0.25, 0.3) is 0 Å². The van der Waals surface area contributed by atoms with Gasteiger partial charge >= 0.3 is 0 Å². The summed E-state index contributed by atoms with van der Waals surface area (Å²) in [4.78, 5) is 2.24. The van der Waals surface area contributed by atoms with Crippen molar-refractivity contribution in [1.82, 2.24) is 0 Å². The lowest BCUT2D eigenvalue weighted by atomic mass is 9.93. The minimum Gasteiger partial charge on any atom is -0.496 e. The summed E-state index contributed by atoms with van der Waals surface area (Å²) in [7, 11) is 3.79. The van der Waals surface area contributed by atoms with Crippen molar-refractivity contribution in [3.05, 3.63) is 23.8 Å². The number of rotatable bonds is 5. The number of aryl methyl sites for hydroxylation is 1. The molecule has 3 heteroatoms. The van der Waals surface area contributed by atoms with E-state index in [1.165, 1.54) is 5.69 Å². The highest BCUT2D eigenvalue weighted by Crippen LogP contribution is 2.25. The minimum atomic E-state index is 0.128. The van der Waals surface area contributed by atoms with Crippen molar-refractivity contribution in [3.8, 4) is 5.75 Å². The summed E-state index contributed by atoms with van der Waals surface area (Å²) in [6.45, 7) is 8.05. The summed E-state index contributed by atoms with van der Waals surface area (Å²) in [5, 5.41) is 0. The fourth-order valence-electron chi connectivity index (χ4n) is 1.90. The van der Waals surface area contributed by atoms with Crippen LogP contribution in [-0.4, -0.2) is 27.2 Å². The van der Waals surface area contributed by atoms with E-state index >= 15 is 0 Å². The molecule has 0 aromatic heterocycles. The maximum atomic E-state index is 5.76. The lowest BCUT2D eigenvalue weighted by Crippen LogP contribution is -2.36. The van der Waals surface area contributed by atoms with Gasteiger partial charge in [-0.1, -0.05) is 13.8 Å². The topological polar surface area (TPSA) is 38.5 Å². The van der Waals surface area contributed by atoms with Gasteiger partial charge in [-0.05, 0) is 42.6 Å². The smallest absolute Gasteiger partial charge is 0.121 e. The van der Waals surface area contributed by atoms with Crippen LogP contribution in [0.1, 0.15) is 19.4 Å². The molecule has 0 saturated carbocycles. The third kappa shape index (κ3) is 3.63. The summed E-state index contributed by atoms with van der Waals surface area (Å²) in [6, 6.07) is 6.24. The molecule has 1 rings (SSSR count). The second-order valence-corrected chi connectivity index (χ2v) is 5.38. The van der Waals surface area contributed by atoms with Crippen molar-refractivity contribution < 1.29 is 4.74 Å². The third-order valence-electron chi connectivity index (χ3n) is 3.04. The molecule has 0 unspecified atom stereocenters. The van der Waals surface area contributed by atoms with Gasteiger partial charge in [0.1, 0.15) is 5.75 Å². The van der Waals surface area contributed by atoms with E-state index in [0.717, 1.165) is 17.9 Å². The van der Waals surface area contributed by atoms with Gasteiger partial charge in [-0.25, -0.2) is 0 Å². The second-order valence-electron chi connectivity index (χ2n) is 5.38. The molecular formula is C14H24N2O. The lowest BCUT2D eigenvalue weighted by Gasteiger charge is -2.30. The van der Waals surface area contributed by atoms with Crippen LogP contribution >= 0.6 is 0 Å². The summed E-state index contributed by atoms with van der Waals surface area (Å²) >= 11 is 0. The first-order chi connectivity index (χ1) is 7.89. The van der Waals surface area contributed by atoms with Gasteiger partial charge in [0.2, 0.25) is 0 Å². The highest BCUT2D eigenvalue weighted by Gasteiger charge is 2.18. The van der Waals surface area contributed by atoms with Crippen LogP contribution in [-0.2, 0) is 0 Å². The zero-order valence-corrected chi connectivity index (χ0v) is 11.6. The quantitative estimate of drug-likeness (QED) is 0.853. The van der Waals surface area contributed by atoms with Gasteiger partial charge in [-0.3, -0.25) is 0 Å². The molecule has 0 saturated heterocycles. The van der Waals surface area contributed by atoms with E-state index in [4.69, 9.17) is 10.5 Å². The van der Waals surface area contributed by atoms with Crippen LogP contribution in [0.4, 0.5) is 5.69 Å². The summed E-state index contributed by atoms with van der Waals surface area (Å²) in [6.07, 6.45) is 0. The Bertz CT molecular complexity index is 374. The fraction of sp³-hybridized carbons (Fsp3) is 0.571. The molecule has 96 valence electrons. The normalized spacial score (nSPS) is 11.4. The molecule has 0 atom stereocenters. The first-order valence-electron chi connectivity index (χ1n) is 5.95. The van der Waals surface area contributed by atoms with Crippen LogP contribution in [0.3, 0.4) is 0 Å². The Morgan fingerprint density at radius 3 is 2.47 bits per heavy atom. The van der Waals surface area contributed by atoms with Gasteiger partial charge in [-0.2, -0.15) is 0 Å². The molecule has 1 aromatic carbocycles. The maximum absolute atomic E-state index is 5.76. The zero-order valence-electron chi connectivity index (χ0n) is 11.6. The molecule has 0 radical (unpaired) electrons. The van der Waals surface area contributed by atoms with Gasteiger partial charge in [0.25, 0.3) is 0 Å². The van der Waals surface area contributed by atoms with Gasteiger partial charge in [0.05, 0.1) is 7.11 Å². The molecule has 0 spiro atoms. The lowest BCUT2D eigenvalue weighted by molar-refractivity contribution is 0.385. The molecule has 0 bridgehead atoms. The molecule has 0 aliphatic rings. The van der Waals surface area contributed by atoms with E-state index in [1.54, 1.807) is 7.11 Å². The van der Waals surface area contributed by atoms with E-state index in [2.05, 4.69) is 44.9 Å². The number of hydrogen-bond acceptors (Lipinski definition) is 3. The monoisotopic (exact) mass is 236 g/mol. The Kier molecular flexibility index (Phi) is 4.40. The molecule has 0 aliphatic heterocycles. The van der Waals surface area contributed by atoms with E-state index in [9.17, 15) is 0 Å². The second kappa shape index (κ2) is 5.41. The molecular weight excluding hydrogens is 212 g/mol. The first kappa shape index (κ1) is 13.8. The number of nitrogens with zero attached hydrogens (tertiary/aromatic N) is 1. The number of nitrogens with two attached hydrogens (primary N) is 1. The van der Waals surface area contributed by atoms with E-state index < -0.39 is 0 Å². The van der Waals surface area contributed by atoms with Crippen LogP contribution in [0.2, 0.25) is 0 Å². The van der Waals surface area contributed by atoms with E-state index in [0.29, 0.717) is 6.54 Å². The standard InChI is InChI=1S/C14H24N2O/c1-11-8-12(6-7-13(11)17-5)16(4)10-14(2,3)9-15/h6-8H,9-10,15H2,1-5H3. The Morgan fingerprint density at radius 1 is 1.35 bits per heavy atom. The van der Waals surface area contributed by atoms with Crippen LogP contribution < -0.4 is 15.4 Å². The largest absolute Gasteiger partial charge is 0.496 e.